The Morgan fingerprint density at radius 1 is 0.698 bits per heavy atom. The van der Waals surface area contributed by atoms with Gasteiger partial charge in [-0.2, -0.15) is 0 Å². The molecule has 0 heterocycles. The summed E-state index contributed by atoms with van der Waals surface area (Å²) in [5, 5.41) is 5.01. The maximum absolute atomic E-state index is 13.0. The summed E-state index contributed by atoms with van der Waals surface area (Å²) in [7, 11) is 0. The maximum Gasteiger partial charge on any atom is 0.197 e. The van der Waals surface area contributed by atoms with E-state index in [9.17, 15) is 9.59 Å². The number of hydrogen-bond acceptors (Lipinski definition) is 3. The van der Waals surface area contributed by atoms with Crippen LogP contribution in [0, 0.1) is 0 Å². The molecule has 206 valence electrons. The molecule has 3 heteroatoms. The number of aryl methyl sites for hydroxylation is 1. The van der Waals surface area contributed by atoms with Crippen LogP contribution in [0.2, 0.25) is 0 Å². The summed E-state index contributed by atoms with van der Waals surface area (Å²) in [6.45, 7) is 0. The minimum atomic E-state index is -0.171. The molecule has 3 aliphatic rings. The molecule has 0 saturated carbocycles. The van der Waals surface area contributed by atoms with Crippen LogP contribution in [0.4, 0.5) is 11.4 Å². The van der Waals surface area contributed by atoms with E-state index in [1.54, 1.807) is 12.1 Å². The number of rotatable bonds is 4. The Bertz CT molecular complexity index is 2120. The van der Waals surface area contributed by atoms with Crippen molar-refractivity contribution in [2.45, 2.75) is 25.3 Å². The van der Waals surface area contributed by atoms with Crippen LogP contribution >= 0.6 is 0 Å². The lowest BCUT2D eigenvalue weighted by molar-refractivity contribution is 0.0988. The Labute approximate surface area is 250 Å². The molecule has 0 saturated heterocycles. The highest BCUT2D eigenvalue weighted by Crippen LogP contribution is 2.38. The second kappa shape index (κ2) is 10.2. The first-order chi connectivity index (χ1) is 21.1. The Hall–Kier alpha value is -5.28. The van der Waals surface area contributed by atoms with Gasteiger partial charge in [0.25, 0.3) is 0 Å². The Kier molecular flexibility index (Phi) is 6.04. The number of hydrogen-bond donors (Lipinski definition) is 0. The van der Waals surface area contributed by atoms with Crippen LogP contribution in [-0.2, 0) is 6.42 Å². The topological polar surface area (TPSA) is 37.4 Å². The second-order valence-corrected chi connectivity index (χ2v) is 11.5. The molecule has 5 aromatic rings. The van der Waals surface area contributed by atoms with Gasteiger partial charge in [0.2, 0.25) is 0 Å². The summed E-state index contributed by atoms with van der Waals surface area (Å²) in [5.74, 6) is -0.342. The monoisotopic (exact) mass is 555 g/mol. The van der Waals surface area contributed by atoms with Gasteiger partial charge >= 0.3 is 0 Å². The molecule has 0 N–H and O–H groups in total. The van der Waals surface area contributed by atoms with E-state index < -0.39 is 0 Å². The molecule has 0 bridgehead atoms. The molecule has 3 nitrogen and oxygen atoms in total. The fourth-order valence-electron chi connectivity index (χ4n) is 6.83. The average molecular weight is 556 g/mol. The van der Waals surface area contributed by atoms with Crippen molar-refractivity contribution in [2.24, 2.45) is 0 Å². The van der Waals surface area contributed by atoms with Crippen molar-refractivity contribution in [1.29, 1.82) is 0 Å². The zero-order valence-electron chi connectivity index (χ0n) is 23.7. The van der Waals surface area contributed by atoms with E-state index in [1.807, 2.05) is 18.2 Å². The molecule has 0 radical (unpaired) electrons. The SMILES string of the molecule is O=C1C(=CC2=Cc3ccc(N(c4cccc5ccccc45)C4C=c5ccccc5=CC4)cc3CC2)C(=O)c2ccccc21. The standard InChI is InChI=1S/C40H29NO2/c42-39-35-13-5-6-14-36(35)40(43)37(39)23-26-16-17-31-25-33(21-19-30(31)22-26)41(32-20-18-27-8-1-2-10-29(27)24-32)38-15-7-11-28-9-3-4-12-34(28)38/h1-15,18-19,21-25,32H,16-17,20H2. The average Bonchev–Trinajstić information content (AvgIpc) is 3.29. The molecular formula is C40H29NO2. The predicted octanol–water partition coefficient (Wildman–Crippen LogP) is 7.35. The molecular weight excluding hydrogens is 526 g/mol. The number of carbonyl (C=O) groups is 2. The van der Waals surface area contributed by atoms with Gasteiger partial charge in [0.1, 0.15) is 0 Å². The molecule has 1 atom stereocenters. The van der Waals surface area contributed by atoms with Gasteiger partial charge in [-0.1, -0.05) is 109 Å². The van der Waals surface area contributed by atoms with Crippen LogP contribution in [0.1, 0.15) is 44.7 Å². The third-order valence-electron chi connectivity index (χ3n) is 8.97. The zero-order chi connectivity index (χ0) is 28.9. The van der Waals surface area contributed by atoms with Crippen LogP contribution in [0.5, 0.6) is 0 Å². The van der Waals surface area contributed by atoms with Crippen molar-refractivity contribution in [1.82, 2.24) is 0 Å². The second-order valence-electron chi connectivity index (χ2n) is 11.5. The van der Waals surface area contributed by atoms with Gasteiger partial charge in [0.15, 0.2) is 11.6 Å². The summed E-state index contributed by atoms with van der Waals surface area (Å²) in [6, 6.07) is 37.7. The Morgan fingerprint density at radius 3 is 2.26 bits per heavy atom. The summed E-state index contributed by atoms with van der Waals surface area (Å²) in [5.41, 5.74) is 7.08. The smallest absolute Gasteiger partial charge is 0.197 e. The van der Waals surface area contributed by atoms with E-state index in [0.29, 0.717) is 11.1 Å². The van der Waals surface area contributed by atoms with Gasteiger partial charge < -0.3 is 4.90 Å². The lowest BCUT2D eigenvalue weighted by Gasteiger charge is -2.34. The van der Waals surface area contributed by atoms with Gasteiger partial charge in [0.05, 0.1) is 11.6 Å². The van der Waals surface area contributed by atoms with Crippen LogP contribution < -0.4 is 15.3 Å². The van der Waals surface area contributed by atoms with Crippen LogP contribution in [0.3, 0.4) is 0 Å². The molecule has 0 aliphatic heterocycles. The minimum absolute atomic E-state index is 0.166. The van der Waals surface area contributed by atoms with E-state index in [-0.39, 0.29) is 23.2 Å². The minimum Gasteiger partial charge on any atom is -0.334 e. The Balaban J connectivity index is 1.20. The molecule has 0 aromatic heterocycles. The fourth-order valence-corrected chi connectivity index (χ4v) is 6.83. The van der Waals surface area contributed by atoms with Crippen molar-refractivity contribution in [3.05, 3.63) is 159 Å². The maximum atomic E-state index is 13.0. The van der Waals surface area contributed by atoms with Gasteiger partial charge in [-0.3, -0.25) is 9.59 Å². The number of allylic oxidation sites excluding steroid dienone is 3. The van der Waals surface area contributed by atoms with Gasteiger partial charge in [-0.25, -0.2) is 0 Å². The molecule has 3 aliphatic carbocycles. The molecule has 43 heavy (non-hydrogen) atoms. The number of Topliss-reactive ketones (excluding diaryl/α,β-unsaturated/α-hetero) is 2. The van der Waals surface area contributed by atoms with E-state index in [4.69, 9.17) is 0 Å². The first kappa shape index (κ1) is 25.4. The first-order valence-corrected chi connectivity index (χ1v) is 14.9. The van der Waals surface area contributed by atoms with Crippen LogP contribution in [-0.4, -0.2) is 17.6 Å². The van der Waals surface area contributed by atoms with Gasteiger partial charge in [-0.15, -0.1) is 0 Å². The number of anilines is 2. The van der Waals surface area contributed by atoms with Crippen molar-refractivity contribution in [3.63, 3.8) is 0 Å². The molecule has 1 unspecified atom stereocenters. The first-order valence-electron chi connectivity index (χ1n) is 14.9. The van der Waals surface area contributed by atoms with Gasteiger partial charge in [0, 0.05) is 27.9 Å². The lowest BCUT2D eigenvalue weighted by atomic mass is 9.89. The lowest BCUT2D eigenvalue weighted by Crippen LogP contribution is -2.37. The fraction of sp³-hybridized carbons (Fsp3) is 0.100. The summed E-state index contributed by atoms with van der Waals surface area (Å²) < 4.78 is 0. The predicted molar refractivity (Wildman–Crippen MR) is 175 cm³/mol. The summed E-state index contributed by atoms with van der Waals surface area (Å²) >= 11 is 0. The number of carbonyl (C=O) groups excluding carboxylic acids is 2. The van der Waals surface area contributed by atoms with E-state index in [0.717, 1.165) is 36.1 Å². The normalized spacial score (nSPS) is 16.9. The number of benzene rings is 5. The number of nitrogens with zero attached hydrogens (tertiary/aromatic N) is 1. The molecule has 0 spiro atoms. The van der Waals surface area contributed by atoms with Crippen molar-refractivity contribution in [2.75, 3.05) is 4.90 Å². The third-order valence-corrected chi connectivity index (χ3v) is 8.97. The van der Waals surface area contributed by atoms with Crippen molar-refractivity contribution >= 4 is 51.9 Å². The van der Waals surface area contributed by atoms with Crippen molar-refractivity contribution in [3.8, 4) is 0 Å². The van der Waals surface area contributed by atoms with E-state index >= 15 is 0 Å². The number of ketones is 2. The quantitative estimate of drug-likeness (QED) is 0.172. The van der Waals surface area contributed by atoms with E-state index in [1.165, 1.54) is 32.5 Å². The van der Waals surface area contributed by atoms with Crippen LogP contribution in [0.25, 0.3) is 29.0 Å². The number of fused-ring (bicyclic) bond motifs is 4. The molecule has 5 aromatic carbocycles. The van der Waals surface area contributed by atoms with Crippen molar-refractivity contribution < 1.29 is 9.59 Å². The van der Waals surface area contributed by atoms with Gasteiger partial charge in [-0.05, 0) is 76.1 Å². The molecule has 0 fully saturated rings. The van der Waals surface area contributed by atoms with Crippen LogP contribution in [0.15, 0.2) is 126 Å². The molecule has 8 rings (SSSR count). The third kappa shape index (κ3) is 4.36. The zero-order valence-corrected chi connectivity index (χ0v) is 23.7. The van der Waals surface area contributed by atoms with E-state index in [2.05, 4.69) is 108 Å². The highest BCUT2D eigenvalue weighted by molar-refractivity contribution is 6.39. The molecule has 0 amide bonds. The highest BCUT2D eigenvalue weighted by atomic mass is 16.2. The Morgan fingerprint density at radius 2 is 1.42 bits per heavy atom. The highest BCUT2D eigenvalue weighted by Gasteiger charge is 2.33. The summed E-state index contributed by atoms with van der Waals surface area (Å²) in [4.78, 5) is 28.4. The largest absolute Gasteiger partial charge is 0.334 e. The summed E-state index contributed by atoms with van der Waals surface area (Å²) in [6.07, 6.45) is 11.2.